The van der Waals surface area contributed by atoms with Crippen LogP contribution in [0.5, 0.6) is 0 Å². The van der Waals surface area contributed by atoms with Crippen molar-refractivity contribution in [3.63, 3.8) is 0 Å². The van der Waals surface area contributed by atoms with Crippen LogP contribution >= 0.6 is 22.6 Å². The van der Waals surface area contributed by atoms with Gasteiger partial charge in [0.2, 0.25) is 0 Å². The molecule has 2 rings (SSSR count). The number of hydrogen-bond donors (Lipinski definition) is 2. The van der Waals surface area contributed by atoms with E-state index in [9.17, 15) is 8.42 Å². The van der Waals surface area contributed by atoms with Crippen molar-refractivity contribution in [3.05, 3.63) is 46.2 Å². The van der Waals surface area contributed by atoms with Crippen LogP contribution in [0.4, 0.5) is 5.69 Å². The Kier molecular flexibility index (Phi) is 3.20. The van der Waals surface area contributed by atoms with Gasteiger partial charge in [-0.3, -0.25) is 4.72 Å². The molecule has 1 aromatic heterocycles. The molecule has 84 valence electrons. The van der Waals surface area contributed by atoms with Crippen molar-refractivity contribution in [1.29, 1.82) is 0 Å². The van der Waals surface area contributed by atoms with Crippen molar-refractivity contribution < 1.29 is 8.42 Å². The lowest BCUT2D eigenvalue weighted by molar-refractivity contribution is 0.598. The summed E-state index contributed by atoms with van der Waals surface area (Å²) >= 11 is 2.13. The fourth-order valence-corrected chi connectivity index (χ4v) is 2.81. The molecule has 0 saturated heterocycles. The first-order chi connectivity index (χ1) is 7.58. The minimum Gasteiger partial charge on any atom is -0.351 e. The maximum absolute atomic E-state index is 11.8. The van der Waals surface area contributed by atoms with Gasteiger partial charge in [0.05, 0.1) is 0 Å². The predicted molar refractivity (Wildman–Crippen MR) is 70.8 cm³/mol. The highest BCUT2D eigenvalue weighted by Gasteiger charge is 2.14. The van der Waals surface area contributed by atoms with Crippen LogP contribution in [0.25, 0.3) is 0 Å². The Bertz CT molecular complexity index is 579. The third kappa shape index (κ3) is 2.56. The average Bonchev–Trinajstić information content (AvgIpc) is 2.69. The van der Waals surface area contributed by atoms with E-state index in [0.29, 0.717) is 5.69 Å². The number of aromatic amines is 1. The minimum absolute atomic E-state index is 0.159. The van der Waals surface area contributed by atoms with Gasteiger partial charge in [-0.25, -0.2) is 0 Å². The molecule has 1 aromatic carbocycles. The molecule has 0 aliphatic rings. The average molecular weight is 348 g/mol. The molecule has 0 unspecified atom stereocenters. The fraction of sp³-hybridized carbons (Fsp3) is 0. The molecule has 0 saturated carbocycles. The number of halogens is 1. The van der Waals surface area contributed by atoms with Crippen molar-refractivity contribution in [1.82, 2.24) is 4.98 Å². The molecule has 2 aromatic rings. The van der Waals surface area contributed by atoms with Gasteiger partial charge in [0.25, 0.3) is 10.0 Å². The fourth-order valence-electron chi connectivity index (χ4n) is 1.24. The summed E-state index contributed by atoms with van der Waals surface area (Å²) in [5.74, 6) is 0. The minimum atomic E-state index is -3.50. The highest BCUT2D eigenvalue weighted by atomic mass is 127. The number of rotatable bonds is 3. The number of hydrogen-bond acceptors (Lipinski definition) is 2. The summed E-state index contributed by atoms with van der Waals surface area (Å²) in [6.07, 6.45) is 1.57. The van der Waals surface area contributed by atoms with Gasteiger partial charge in [0, 0.05) is 15.5 Å². The Hall–Kier alpha value is -1.02. The monoisotopic (exact) mass is 348 g/mol. The van der Waals surface area contributed by atoms with Gasteiger partial charge < -0.3 is 4.98 Å². The Morgan fingerprint density at radius 1 is 1.19 bits per heavy atom. The Morgan fingerprint density at radius 3 is 2.62 bits per heavy atom. The van der Waals surface area contributed by atoms with Crippen molar-refractivity contribution in [2.24, 2.45) is 0 Å². The smallest absolute Gasteiger partial charge is 0.277 e. The van der Waals surface area contributed by atoms with Gasteiger partial charge in [0.15, 0.2) is 5.03 Å². The van der Waals surface area contributed by atoms with Gasteiger partial charge in [-0.15, -0.1) is 0 Å². The number of benzene rings is 1. The van der Waals surface area contributed by atoms with Crippen LogP contribution in [-0.4, -0.2) is 13.4 Å². The van der Waals surface area contributed by atoms with E-state index in [1.54, 1.807) is 30.5 Å². The summed E-state index contributed by atoms with van der Waals surface area (Å²) in [6, 6.07) is 10.3. The Labute approximate surface area is 107 Å². The third-order valence-corrected chi connectivity index (χ3v) is 3.94. The molecular weight excluding hydrogens is 339 g/mol. The van der Waals surface area contributed by atoms with Crippen LogP contribution in [0.1, 0.15) is 0 Å². The second-order valence-electron chi connectivity index (χ2n) is 3.15. The molecule has 0 radical (unpaired) electrons. The van der Waals surface area contributed by atoms with E-state index < -0.39 is 10.0 Å². The molecule has 0 bridgehead atoms. The lowest BCUT2D eigenvalue weighted by atomic mass is 10.3. The highest BCUT2D eigenvalue weighted by Crippen LogP contribution is 2.16. The van der Waals surface area contributed by atoms with E-state index in [1.165, 1.54) is 6.07 Å². The van der Waals surface area contributed by atoms with Crippen LogP contribution in [0.15, 0.2) is 47.6 Å². The Morgan fingerprint density at radius 2 is 2.00 bits per heavy atom. The standard InChI is InChI=1S/C10H9IN2O2S/c11-8-3-1-4-9(7-8)13-16(14,15)10-5-2-6-12-10/h1-7,12-13H. The summed E-state index contributed by atoms with van der Waals surface area (Å²) in [4.78, 5) is 2.66. The zero-order chi connectivity index (χ0) is 11.6. The molecule has 0 fully saturated rings. The first-order valence-corrected chi connectivity index (χ1v) is 7.06. The summed E-state index contributed by atoms with van der Waals surface area (Å²) in [6.45, 7) is 0. The third-order valence-electron chi connectivity index (χ3n) is 1.94. The van der Waals surface area contributed by atoms with E-state index >= 15 is 0 Å². The molecule has 0 atom stereocenters. The molecule has 4 nitrogen and oxygen atoms in total. The quantitative estimate of drug-likeness (QED) is 0.837. The van der Waals surface area contributed by atoms with Gasteiger partial charge in [0.1, 0.15) is 0 Å². The number of nitrogens with one attached hydrogen (secondary N) is 2. The van der Waals surface area contributed by atoms with Crippen molar-refractivity contribution in [2.75, 3.05) is 4.72 Å². The van der Waals surface area contributed by atoms with Crippen LogP contribution in [0, 0.1) is 3.57 Å². The predicted octanol–water partition coefficient (Wildman–Crippen LogP) is 2.42. The van der Waals surface area contributed by atoms with Crippen molar-refractivity contribution >= 4 is 38.3 Å². The molecule has 2 N–H and O–H groups in total. The number of aromatic nitrogens is 1. The molecule has 0 spiro atoms. The number of H-pyrrole nitrogens is 1. The Balaban J connectivity index is 2.29. The van der Waals surface area contributed by atoms with E-state index in [1.807, 2.05) is 6.07 Å². The zero-order valence-electron chi connectivity index (χ0n) is 8.14. The SMILES string of the molecule is O=S(=O)(Nc1cccc(I)c1)c1ccc[nH]1. The second kappa shape index (κ2) is 4.46. The lowest BCUT2D eigenvalue weighted by Gasteiger charge is -2.06. The molecule has 1 heterocycles. The summed E-state index contributed by atoms with van der Waals surface area (Å²) in [5, 5.41) is 0.159. The molecule has 0 aliphatic carbocycles. The molecule has 16 heavy (non-hydrogen) atoms. The van der Waals surface area contributed by atoms with Crippen molar-refractivity contribution in [3.8, 4) is 0 Å². The maximum Gasteiger partial charge on any atom is 0.277 e. The van der Waals surface area contributed by atoms with E-state index in [0.717, 1.165) is 3.57 Å². The lowest BCUT2D eigenvalue weighted by Crippen LogP contribution is -2.13. The molecular formula is C10H9IN2O2S. The second-order valence-corrected chi connectivity index (χ2v) is 6.05. The van der Waals surface area contributed by atoms with Gasteiger partial charge >= 0.3 is 0 Å². The maximum atomic E-state index is 11.8. The molecule has 0 aliphatic heterocycles. The van der Waals surface area contributed by atoms with Crippen LogP contribution < -0.4 is 4.72 Å². The first-order valence-electron chi connectivity index (χ1n) is 4.50. The summed E-state index contributed by atoms with van der Waals surface area (Å²) in [5.41, 5.74) is 0.557. The summed E-state index contributed by atoms with van der Waals surface area (Å²) < 4.78 is 27.1. The van der Waals surface area contributed by atoms with Gasteiger partial charge in [-0.1, -0.05) is 6.07 Å². The first kappa shape index (κ1) is 11.5. The van der Waals surface area contributed by atoms with E-state index in [-0.39, 0.29) is 5.03 Å². The van der Waals surface area contributed by atoms with Crippen LogP contribution in [-0.2, 0) is 10.0 Å². The number of sulfonamides is 1. The van der Waals surface area contributed by atoms with Gasteiger partial charge in [-0.05, 0) is 52.9 Å². The van der Waals surface area contributed by atoms with E-state index in [4.69, 9.17) is 0 Å². The normalized spacial score (nSPS) is 11.3. The molecule has 6 heteroatoms. The molecule has 0 amide bonds. The van der Waals surface area contributed by atoms with Crippen LogP contribution in [0.2, 0.25) is 0 Å². The highest BCUT2D eigenvalue weighted by molar-refractivity contribution is 14.1. The van der Waals surface area contributed by atoms with Gasteiger partial charge in [-0.2, -0.15) is 8.42 Å². The summed E-state index contributed by atoms with van der Waals surface area (Å²) in [7, 11) is -3.50. The largest absolute Gasteiger partial charge is 0.351 e. The van der Waals surface area contributed by atoms with Crippen molar-refractivity contribution in [2.45, 2.75) is 5.03 Å². The topological polar surface area (TPSA) is 62.0 Å². The van der Waals surface area contributed by atoms with Crippen LogP contribution in [0.3, 0.4) is 0 Å². The zero-order valence-corrected chi connectivity index (χ0v) is 11.1. The van der Waals surface area contributed by atoms with E-state index in [2.05, 4.69) is 32.3 Å². The number of anilines is 1.